The van der Waals surface area contributed by atoms with Gasteiger partial charge in [-0.25, -0.2) is 4.79 Å². The Hall–Kier alpha value is -2.12. The van der Waals surface area contributed by atoms with E-state index in [-0.39, 0.29) is 6.04 Å². The van der Waals surface area contributed by atoms with Gasteiger partial charge in [-0.1, -0.05) is 12.1 Å². The molecule has 3 rings (SSSR count). The van der Waals surface area contributed by atoms with Crippen LogP contribution in [0.1, 0.15) is 6.42 Å². The van der Waals surface area contributed by atoms with E-state index in [1.165, 1.54) is 7.11 Å². The SMILES string of the molecule is COC(=O)C1=NN2c3ccccc3OCCOCCOCC2C1. The monoisotopic (exact) mass is 320 g/mol. The van der Waals surface area contributed by atoms with E-state index in [0.29, 0.717) is 50.9 Å². The average molecular weight is 320 g/mol. The summed E-state index contributed by atoms with van der Waals surface area (Å²) in [5.74, 6) is 0.292. The lowest BCUT2D eigenvalue weighted by atomic mass is 10.1. The van der Waals surface area contributed by atoms with Crippen molar-refractivity contribution in [3.05, 3.63) is 24.3 Å². The second-order valence-corrected chi connectivity index (χ2v) is 5.24. The van der Waals surface area contributed by atoms with Crippen LogP contribution in [0.4, 0.5) is 5.69 Å². The number of esters is 1. The van der Waals surface area contributed by atoms with Crippen LogP contribution in [-0.2, 0) is 19.0 Å². The molecule has 7 heteroatoms. The second-order valence-electron chi connectivity index (χ2n) is 5.24. The molecule has 0 N–H and O–H groups in total. The number of hydrazone groups is 1. The Balaban J connectivity index is 1.91. The van der Waals surface area contributed by atoms with Gasteiger partial charge < -0.3 is 18.9 Å². The largest absolute Gasteiger partial charge is 0.489 e. The third kappa shape index (κ3) is 3.62. The maximum absolute atomic E-state index is 11.8. The summed E-state index contributed by atoms with van der Waals surface area (Å²) in [4.78, 5) is 11.8. The molecule has 0 fully saturated rings. The number of hydrogen-bond acceptors (Lipinski definition) is 7. The Morgan fingerprint density at radius 1 is 1.22 bits per heavy atom. The van der Waals surface area contributed by atoms with Crippen molar-refractivity contribution in [2.45, 2.75) is 12.5 Å². The number of ether oxygens (including phenoxy) is 4. The predicted molar refractivity (Wildman–Crippen MR) is 83.9 cm³/mol. The van der Waals surface area contributed by atoms with Crippen molar-refractivity contribution in [2.24, 2.45) is 5.10 Å². The molecule has 0 aliphatic carbocycles. The second kappa shape index (κ2) is 7.43. The lowest BCUT2D eigenvalue weighted by Gasteiger charge is -2.26. The molecule has 1 unspecified atom stereocenters. The van der Waals surface area contributed by atoms with E-state index < -0.39 is 5.97 Å². The number of rotatable bonds is 1. The van der Waals surface area contributed by atoms with Gasteiger partial charge in [0.15, 0.2) is 0 Å². The Morgan fingerprint density at radius 3 is 2.87 bits per heavy atom. The molecule has 0 bridgehead atoms. The zero-order chi connectivity index (χ0) is 16.1. The quantitative estimate of drug-likeness (QED) is 0.725. The van der Waals surface area contributed by atoms with Crippen LogP contribution in [-0.4, -0.2) is 57.9 Å². The third-order valence-corrected chi connectivity index (χ3v) is 3.70. The fraction of sp³-hybridized carbons (Fsp3) is 0.500. The van der Waals surface area contributed by atoms with E-state index in [9.17, 15) is 4.79 Å². The van der Waals surface area contributed by atoms with E-state index in [1.54, 1.807) is 5.01 Å². The first-order valence-corrected chi connectivity index (χ1v) is 7.62. The number of fused-ring (bicyclic) bond motifs is 3. The number of nitrogens with zero attached hydrogens (tertiary/aromatic N) is 2. The molecule has 2 heterocycles. The van der Waals surface area contributed by atoms with Crippen molar-refractivity contribution < 1.29 is 23.7 Å². The van der Waals surface area contributed by atoms with Gasteiger partial charge in [0, 0.05) is 6.42 Å². The average Bonchev–Trinajstić information content (AvgIpc) is 2.99. The number of benzene rings is 1. The highest BCUT2D eigenvalue weighted by Crippen LogP contribution is 2.33. The Bertz CT molecular complexity index is 590. The Kier molecular flexibility index (Phi) is 5.09. The molecule has 1 aromatic rings. The first-order valence-electron chi connectivity index (χ1n) is 7.62. The zero-order valence-electron chi connectivity index (χ0n) is 13.1. The summed E-state index contributed by atoms with van der Waals surface area (Å²) in [6.07, 6.45) is 0.474. The molecular formula is C16H20N2O5. The van der Waals surface area contributed by atoms with Gasteiger partial charge in [-0.15, -0.1) is 0 Å². The molecule has 124 valence electrons. The summed E-state index contributed by atoms with van der Waals surface area (Å²) in [6, 6.07) is 7.53. The zero-order valence-corrected chi connectivity index (χ0v) is 13.1. The Labute approximate surface area is 134 Å². The molecule has 0 aromatic heterocycles. The first kappa shape index (κ1) is 15.8. The maximum Gasteiger partial charge on any atom is 0.354 e. The third-order valence-electron chi connectivity index (χ3n) is 3.70. The molecule has 2 aliphatic heterocycles. The van der Waals surface area contributed by atoms with Gasteiger partial charge in [0.05, 0.1) is 39.6 Å². The van der Waals surface area contributed by atoms with Crippen molar-refractivity contribution >= 4 is 17.4 Å². The minimum atomic E-state index is -0.413. The normalized spacial score (nSPS) is 21.9. The first-order chi connectivity index (χ1) is 11.3. The van der Waals surface area contributed by atoms with Crippen LogP contribution in [0.5, 0.6) is 5.75 Å². The Morgan fingerprint density at radius 2 is 2.00 bits per heavy atom. The van der Waals surface area contributed by atoms with E-state index in [2.05, 4.69) is 5.10 Å². The van der Waals surface area contributed by atoms with Gasteiger partial charge >= 0.3 is 5.97 Å². The summed E-state index contributed by atoms with van der Waals surface area (Å²) < 4.78 is 21.7. The van der Waals surface area contributed by atoms with Gasteiger partial charge in [0.25, 0.3) is 0 Å². The van der Waals surface area contributed by atoms with Crippen molar-refractivity contribution in [3.8, 4) is 5.75 Å². The molecule has 0 spiro atoms. The molecule has 0 saturated heterocycles. The van der Waals surface area contributed by atoms with Crippen LogP contribution in [0.15, 0.2) is 29.4 Å². The highest BCUT2D eigenvalue weighted by Gasteiger charge is 2.33. The molecule has 23 heavy (non-hydrogen) atoms. The topological polar surface area (TPSA) is 69.6 Å². The maximum atomic E-state index is 11.8. The number of anilines is 1. The summed E-state index contributed by atoms with van der Waals surface area (Å²) in [5.41, 5.74) is 1.20. The fourth-order valence-electron chi connectivity index (χ4n) is 2.60. The molecule has 1 atom stereocenters. The summed E-state index contributed by atoms with van der Waals surface area (Å²) >= 11 is 0. The number of hydrogen-bond donors (Lipinski definition) is 0. The van der Waals surface area contributed by atoms with Crippen LogP contribution in [0.25, 0.3) is 0 Å². The van der Waals surface area contributed by atoms with Crippen LogP contribution < -0.4 is 9.75 Å². The molecule has 0 amide bonds. The molecule has 0 radical (unpaired) electrons. The van der Waals surface area contributed by atoms with Crippen LogP contribution in [0.3, 0.4) is 0 Å². The number of carbonyl (C=O) groups is 1. The van der Waals surface area contributed by atoms with E-state index >= 15 is 0 Å². The van der Waals surface area contributed by atoms with Crippen molar-refractivity contribution in [3.63, 3.8) is 0 Å². The van der Waals surface area contributed by atoms with E-state index in [4.69, 9.17) is 18.9 Å². The van der Waals surface area contributed by atoms with Crippen LogP contribution in [0, 0.1) is 0 Å². The highest BCUT2D eigenvalue weighted by atomic mass is 16.5. The van der Waals surface area contributed by atoms with Gasteiger partial charge in [0.2, 0.25) is 0 Å². The molecule has 1 aromatic carbocycles. The van der Waals surface area contributed by atoms with Crippen molar-refractivity contribution in [1.29, 1.82) is 0 Å². The lowest BCUT2D eigenvalue weighted by molar-refractivity contribution is -0.132. The van der Waals surface area contributed by atoms with Gasteiger partial charge in [-0.05, 0) is 12.1 Å². The highest BCUT2D eigenvalue weighted by molar-refractivity contribution is 6.37. The van der Waals surface area contributed by atoms with Gasteiger partial charge in [-0.2, -0.15) is 5.10 Å². The number of carbonyl (C=O) groups excluding carboxylic acids is 1. The fourth-order valence-corrected chi connectivity index (χ4v) is 2.60. The molecule has 7 nitrogen and oxygen atoms in total. The van der Waals surface area contributed by atoms with Crippen LogP contribution in [0.2, 0.25) is 0 Å². The molecular weight excluding hydrogens is 300 g/mol. The van der Waals surface area contributed by atoms with Gasteiger partial charge in [-0.3, -0.25) is 5.01 Å². The lowest BCUT2D eigenvalue weighted by Crippen LogP contribution is -2.32. The number of para-hydroxylation sites is 2. The van der Waals surface area contributed by atoms with E-state index in [1.807, 2.05) is 24.3 Å². The minimum absolute atomic E-state index is 0.0757. The van der Waals surface area contributed by atoms with Crippen molar-refractivity contribution in [2.75, 3.05) is 45.2 Å². The number of methoxy groups -OCH3 is 1. The summed E-state index contributed by atoms with van der Waals surface area (Å²) in [7, 11) is 1.36. The molecule has 2 aliphatic rings. The standard InChI is InChI=1S/C16H20N2O5/c1-20-16(19)13-10-12-11-22-7-6-21-8-9-23-15-5-3-2-4-14(15)18(12)17-13/h2-5,12H,6-11H2,1H3. The van der Waals surface area contributed by atoms with Crippen LogP contribution >= 0.6 is 0 Å². The van der Waals surface area contributed by atoms with Gasteiger partial charge in [0.1, 0.15) is 23.8 Å². The van der Waals surface area contributed by atoms with Crippen molar-refractivity contribution in [1.82, 2.24) is 0 Å². The predicted octanol–water partition coefficient (Wildman–Crippen LogP) is 1.22. The summed E-state index contributed by atoms with van der Waals surface area (Å²) in [6.45, 7) is 2.41. The molecule has 0 saturated carbocycles. The van der Waals surface area contributed by atoms with E-state index in [0.717, 1.165) is 5.69 Å². The minimum Gasteiger partial charge on any atom is -0.489 e. The smallest absolute Gasteiger partial charge is 0.354 e. The summed E-state index contributed by atoms with van der Waals surface area (Å²) in [5, 5.41) is 6.23.